The van der Waals surface area contributed by atoms with E-state index in [0.717, 1.165) is 14.7 Å². The number of ether oxygens (including phenoxy) is 1. The van der Waals surface area contributed by atoms with E-state index < -0.39 is 10.9 Å². The van der Waals surface area contributed by atoms with Crippen LogP contribution in [-0.2, 0) is 11.2 Å². The third-order valence-corrected chi connectivity index (χ3v) is 4.46. The number of hydrogen-bond acceptors (Lipinski definition) is 7. The zero-order valence-corrected chi connectivity index (χ0v) is 13.9. The molecule has 0 bridgehead atoms. The number of carbonyl (C=O) groups excluding carboxylic acids is 1. The van der Waals surface area contributed by atoms with Crippen molar-refractivity contribution in [3.8, 4) is 0 Å². The van der Waals surface area contributed by atoms with E-state index in [4.69, 9.17) is 0 Å². The minimum Gasteiger partial charge on any atom is -0.465 e. The summed E-state index contributed by atoms with van der Waals surface area (Å²) < 4.78 is 5.56. The molecule has 2 heterocycles. The quantitative estimate of drug-likeness (QED) is 0.465. The molecule has 0 atom stereocenters. The van der Waals surface area contributed by atoms with Gasteiger partial charge in [-0.05, 0) is 34.5 Å². The predicted molar refractivity (Wildman–Crippen MR) is 86.4 cm³/mol. The Morgan fingerprint density at radius 1 is 1.55 bits per heavy atom. The molecule has 0 aliphatic carbocycles. The average molecular weight is 386 g/mol. The Labute approximate surface area is 138 Å². The Bertz CT molecular complexity index is 704. The van der Waals surface area contributed by atoms with Crippen LogP contribution in [0, 0.1) is 10.1 Å². The lowest BCUT2D eigenvalue weighted by Crippen LogP contribution is -2.10. The number of rotatable bonds is 6. The summed E-state index contributed by atoms with van der Waals surface area (Å²) in [6, 6.07) is 5.09. The number of carbonyl (C=O) groups is 1. The van der Waals surface area contributed by atoms with Crippen LogP contribution in [0.2, 0.25) is 0 Å². The minimum absolute atomic E-state index is 0.0435. The van der Waals surface area contributed by atoms with Crippen LogP contribution in [0.4, 0.5) is 11.5 Å². The number of aromatic nitrogens is 1. The molecule has 0 aromatic carbocycles. The zero-order chi connectivity index (χ0) is 16.1. The lowest BCUT2D eigenvalue weighted by Gasteiger charge is -2.06. The van der Waals surface area contributed by atoms with E-state index in [1.165, 1.54) is 13.3 Å². The van der Waals surface area contributed by atoms with E-state index in [1.807, 2.05) is 12.1 Å². The Kier molecular flexibility index (Phi) is 5.45. The first-order valence-electron chi connectivity index (χ1n) is 6.22. The van der Waals surface area contributed by atoms with Crippen molar-refractivity contribution >= 4 is 44.7 Å². The van der Waals surface area contributed by atoms with Gasteiger partial charge in [0, 0.05) is 23.7 Å². The molecule has 0 radical (unpaired) electrons. The normalized spacial score (nSPS) is 10.3. The van der Waals surface area contributed by atoms with Crippen molar-refractivity contribution in [1.29, 1.82) is 0 Å². The van der Waals surface area contributed by atoms with Gasteiger partial charge in [0.05, 0.1) is 21.4 Å². The molecular formula is C13H12BrN3O4S. The van der Waals surface area contributed by atoms with Gasteiger partial charge in [-0.15, -0.1) is 11.3 Å². The van der Waals surface area contributed by atoms with Crippen LogP contribution in [0.25, 0.3) is 0 Å². The molecule has 0 aliphatic rings. The number of anilines is 1. The van der Waals surface area contributed by atoms with Gasteiger partial charge in [-0.1, -0.05) is 0 Å². The summed E-state index contributed by atoms with van der Waals surface area (Å²) in [4.78, 5) is 27.0. The van der Waals surface area contributed by atoms with Crippen molar-refractivity contribution in [2.75, 3.05) is 19.0 Å². The standard InChI is InChI=1S/C13H12BrN3O4S/c1-21-13(18)8-6-10(17(19)20)12(16-7-8)15-5-4-9-2-3-11(14)22-9/h2-3,6-7H,4-5H2,1H3,(H,15,16). The van der Waals surface area contributed by atoms with E-state index in [1.54, 1.807) is 11.3 Å². The van der Waals surface area contributed by atoms with Gasteiger partial charge < -0.3 is 10.1 Å². The lowest BCUT2D eigenvalue weighted by atomic mass is 10.2. The summed E-state index contributed by atoms with van der Waals surface area (Å²) >= 11 is 4.98. The van der Waals surface area contributed by atoms with Crippen LogP contribution < -0.4 is 5.32 Å². The summed E-state index contributed by atoms with van der Waals surface area (Å²) in [5, 5.41) is 14.0. The van der Waals surface area contributed by atoms with Gasteiger partial charge in [0.15, 0.2) is 0 Å². The SMILES string of the molecule is COC(=O)c1cnc(NCCc2ccc(Br)s2)c([N+](=O)[O-])c1. The van der Waals surface area contributed by atoms with Crippen molar-refractivity contribution in [3.05, 3.63) is 48.7 Å². The molecule has 0 aliphatic heterocycles. The fraction of sp³-hybridized carbons (Fsp3) is 0.231. The molecule has 9 heteroatoms. The minimum atomic E-state index is -0.661. The van der Waals surface area contributed by atoms with E-state index in [2.05, 4.69) is 31.0 Å². The highest BCUT2D eigenvalue weighted by molar-refractivity contribution is 9.11. The number of pyridine rings is 1. The number of hydrogen-bond donors (Lipinski definition) is 1. The topological polar surface area (TPSA) is 94.4 Å². The van der Waals surface area contributed by atoms with Crippen molar-refractivity contribution in [2.24, 2.45) is 0 Å². The van der Waals surface area contributed by atoms with Gasteiger partial charge in [0.25, 0.3) is 0 Å². The number of methoxy groups -OCH3 is 1. The van der Waals surface area contributed by atoms with Crippen LogP contribution in [0.1, 0.15) is 15.2 Å². The summed E-state index contributed by atoms with van der Waals surface area (Å²) in [6.45, 7) is 0.498. The number of esters is 1. The smallest absolute Gasteiger partial charge is 0.339 e. The molecule has 116 valence electrons. The lowest BCUT2D eigenvalue weighted by molar-refractivity contribution is -0.384. The molecule has 22 heavy (non-hydrogen) atoms. The van der Waals surface area contributed by atoms with Gasteiger partial charge in [-0.25, -0.2) is 9.78 Å². The third kappa shape index (κ3) is 4.01. The van der Waals surface area contributed by atoms with Gasteiger partial charge in [0.1, 0.15) is 0 Å². The largest absolute Gasteiger partial charge is 0.465 e. The molecule has 2 aromatic heterocycles. The number of thiophene rings is 1. The number of halogens is 1. The van der Waals surface area contributed by atoms with E-state index >= 15 is 0 Å². The molecule has 2 aromatic rings. The van der Waals surface area contributed by atoms with Crippen molar-refractivity contribution in [3.63, 3.8) is 0 Å². The summed E-state index contributed by atoms with van der Waals surface area (Å²) in [6.07, 6.45) is 1.97. The van der Waals surface area contributed by atoms with Crippen molar-refractivity contribution < 1.29 is 14.5 Å². The first-order valence-corrected chi connectivity index (χ1v) is 7.83. The molecule has 0 spiro atoms. The molecule has 0 saturated carbocycles. The molecule has 7 nitrogen and oxygen atoms in total. The second kappa shape index (κ2) is 7.32. The maximum absolute atomic E-state index is 11.4. The van der Waals surface area contributed by atoms with E-state index in [0.29, 0.717) is 13.0 Å². The van der Waals surface area contributed by atoms with Gasteiger partial charge >= 0.3 is 11.7 Å². The molecular weight excluding hydrogens is 374 g/mol. The summed E-state index contributed by atoms with van der Waals surface area (Å²) in [5.41, 5.74) is -0.211. The molecule has 1 N–H and O–H groups in total. The Morgan fingerprint density at radius 2 is 2.32 bits per heavy atom. The maximum Gasteiger partial charge on any atom is 0.339 e. The third-order valence-electron chi connectivity index (χ3n) is 2.78. The van der Waals surface area contributed by atoms with Crippen LogP contribution in [-0.4, -0.2) is 29.5 Å². The van der Waals surface area contributed by atoms with E-state index in [9.17, 15) is 14.9 Å². The Hall–Kier alpha value is -2.00. The van der Waals surface area contributed by atoms with Crippen LogP contribution >= 0.6 is 27.3 Å². The predicted octanol–water partition coefficient (Wildman–Crippen LogP) is 3.26. The summed E-state index contributed by atoms with van der Waals surface area (Å²) in [5.74, 6) is -0.529. The van der Waals surface area contributed by atoms with E-state index in [-0.39, 0.29) is 17.1 Å². The molecule has 0 fully saturated rings. The average Bonchev–Trinajstić information content (AvgIpc) is 2.92. The van der Waals surface area contributed by atoms with Crippen LogP contribution in [0.15, 0.2) is 28.2 Å². The highest BCUT2D eigenvalue weighted by atomic mass is 79.9. The summed E-state index contributed by atoms with van der Waals surface area (Å²) in [7, 11) is 1.21. The second-order valence-electron chi connectivity index (χ2n) is 4.22. The van der Waals surface area contributed by atoms with Gasteiger partial charge in [-0.3, -0.25) is 10.1 Å². The fourth-order valence-corrected chi connectivity index (χ4v) is 3.23. The first-order chi connectivity index (χ1) is 10.5. The first kappa shape index (κ1) is 16.4. The van der Waals surface area contributed by atoms with Crippen LogP contribution in [0.3, 0.4) is 0 Å². The molecule has 0 saturated heterocycles. The molecule has 0 amide bonds. The van der Waals surface area contributed by atoms with Gasteiger partial charge in [0.2, 0.25) is 5.82 Å². The highest BCUT2D eigenvalue weighted by Gasteiger charge is 2.19. The van der Waals surface area contributed by atoms with Gasteiger partial charge in [-0.2, -0.15) is 0 Å². The fourth-order valence-electron chi connectivity index (χ4n) is 1.75. The molecule has 0 unspecified atom stereocenters. The zero-order valence-electron chi connectivity index (χ0n) is 11.5. The number of nitrogens with zero attached hydrogens (tertiary/aromatic N) is 2. The molecule has 2 rings (SSSR count). The number of nitro groups is 1. The van der Waals surface area contributed by atoms with Crippen LogP contribution in [0.5, 0.6) is 0 Å². The monoisotopic (exact) mass is 385 g/mol. The van der Waals surface area contributed by atoms with Crippen molar-refractivity contribution in [1.82, 2.24) is 4.98 Å². The Balaban J connectivity index is 2.09. The maximum atomic E-state index is 11.4. The second-order valence-corrected chi connectivity index (χ2v) is 6.77. The number of nitrogens with one attached hydrogen (secondary N) is 1. The Morgan fingerprint density at radius 3 is 2.91 bits per heavy atom. The highest BCUT2D eigenvalue weighted by Crippen LogP contribution is 2.25. The van der Waals surface area contributed by atoms with Crippen molar-refractivity contribution in [2.45, 2.75) is 6.42 Å².